The van der Waals surface area contributed by atoms with Crippen molar-refractivity contribution in [3.8, 4) is 11.8 Å². The molecule has 1 aromatic carbocycles. The van der Waals surface area contributed by atoms with Gasteiger partial charge in [0.2, 0.25) is 0 Å². The third-order valence-corrected chi connectivity index (χ3v) is 3.94. The van der Waals surface area contributed by atoms with Crippen molar-refractivity contribution in [1.29, 1.82) is 5.26 Å². The van der Waals surface area contributed by atoms with E-state index in [1.807, 2.05) is 0 Å². The number of ether oxygens (including phenoxy) is 1. The van der Waals surface area contributed by atoms with Gasteiger partial charge in [-0.3, -0.25) is 0 Å². The number of nitriles is 1. The fourth-order valence-corrected chi connectivity index (χ4v) is 2.60. The Kier molecular flexibility index (Phi) is 4.99. The fraction of sp³-hybridized carbons (Fsp3) is 0.562. The van der Waals surface area contributed by atoms with Gasteiger partial charge in [-0.15, -0.1) is 0 Å². The van der Waals surface area contributed by atoms with Gasteiger partial charge in [0.05, 0.1) is 11.6 Å². The smallest absolute Gasteiger partial charge is 0.120 e. The molecule has 4 heteroatoms. The average molecular weight is 274 g/mol. The maximum absolute atomic E-state index is 10.0. The molecule has 1 N–H and O–H groups in total. The lowest BCUT2D eigenvalue weighted by Gasteiger charge is -2.20. The molecule has 0 amide bonds. The molecule has 1 saturated heterocycles. The van der Waals surface area contributed by atoms with Gasteiger partial charge in [0.25, 0.3) is 0 Å². The summed E-state index contributed by atoms with van der Waals surface area (Å²) in [5.41, 5.74) is 0.569. The highest BCUT2D eigenvalue weighted by Crippen LogP contribution is 2.22. The van der Waals surface area contributed by atoms with Crippen molar-refractivity contribution in [1.82, 2.24) is 4.90 Å². The summed E-state index contributed by atoms with van der Waals surface area (Å²) in [4.78, 5) is 2.29. The molecule has 0 aromatic heterocycles. The topological polar surface area (TPSA) is 56.5 Å². The predicted molar refractivity (Wildman–Crippen MR) is 77.4 cm³/mol. The van der Waals surface area contributed by atoms with Crippen molar-refractivity contribution in [3.63, 3.8) is 0 Å². The van der Waals surface area contributed by atoms with E-state index in [4.69, 9.17) is 10.00 Å². The summed E-state index contributed by atoms with van der Waals surface area (Å²) < 4.78 is 5.55. The van der Waals surface area contributed by atoms with Crippen LogP contribution in [0.4, 0.5) is 0 Å². The van der Waals surface area contributed by atoms with E-state index in [2.05, 4.69) is 24.8 Å². The first-order valence-electron chi connectivity index (χ1n) is 7.12. The maximum Gasteiger partial charge on any atom is 0.120 e. The quantitative estimate of drug-likeness (QED) is 0.891. The number of benzene rings is 1. The number of hydrogen-bond acceptors (Lipinski definition) is 4. The molecular weight excluding hydrogens is 252 g/mol. The zero-order chi connectivity index (χ0) is 14.5. The van der Waals surface area contributed by atoms with Gasteiger partial charge in [-0.1, -0.05) is 19.9 Å². The Hall–Kier alpha value is -1.57. The lowest BCUT2D eigenvalue weighted by Crippen LogP contribution is -2.34. The molecule has 0 saturated carbocycles. The minimum absolute atomic E-state index is 0.258. The molecule has 3 unspecified atom stereocenters. The second-order valence-electron chi connectivity index (χ2n) is 5.78. The standard InChI is InChI=1S/C16H22N2O2/c1-12-8-18(9-13(12)2)10-15(19)11-20-16-5-3-4-14(6-16)7-17/h3-6,12-13,15,19H,8-11H2,1-2H3. The van der Waals surface area contributed by atoms with Crippen molar-refractivity contribution in [2.45, 2.75) is 20.0 Å². The molecule has 1 aliphatic heterocycles. The molecule has 108 valence electrons. The van der Waals surface area contributed by atoms with Crippen LogP contribution in [-0.2, 0) is 0 Å². The first-order chi connectivity index (χ1) is 9.58. The molecule has 0 bridgehead atoms. The summed E-state index contributed by atoms with van der Waals surface area (Å²) in [6, 6.07) is 9.07. The van der Waals surface area contributed by atoms with Crippen LogP contribution in [0.5, 0.6) is 5.75 Å². The number of aliphatic hydroxyl groups excluding tert-OH is 1. The molecule has 0 spiro atoms. The largest absolute Gasteiger partial charge is 0.491 e. The van der Waals surface area contributed by atoms with Gasteiger partial charge < -0.3 is 14.7 Å². The number of hydrogen-bond donors (Lipinski definition) is 1. The van der Waals surface area contributed by atoms with Crippen molar-refractivity contribution in [2.75, 3.05) is 26.2 Å². The number of β-amino-alcohol motifs (C(OH)–C–C–N with tert-alkyl or cyclic N) is 1. The number of likely N-dealkylation sites (tertiary alicyclic amines) is 1. The number of nitrogens with zero attached hydrogens (tertiary/aromatic N) is 2. The summed E-state index contributed by atoms with van der Waals surface area (Å²) >= 11 is 0. The molecule has 4 nitrogen and oxygen atoms in total. The van der Waals surface area contributed by atoms with Crippen LogP contribution in [-0.4, -0.2) is 42.4 Å². The van der Waals surface area contributed by atoms with Crippen LogP contribution >= 0.6 is 0 Å². The van der Waals surface area contributed by atoms with Crippen LogP contribution < -0.4 is 4.74 Å². The zero-order valence-corrected chi connectivity index (χ0v) is 12.1. The van der Waals surface area contributed by atoms with Crippen LogP contribution in [0.3, 0.4) is 0 Å². The fourth-order valence-electron chi connectivity index (χ4n) is 2.60. The van der Waals surface area contributed by atoms with Crippen LogP contribution in [0, 0.1) is 23.2 Å². The van der Waals surface area contributed by atoms with Gasteiger partial charge in [-0.05, 0) is 30.0 Å². The second-order valence-corrected chi connectivity index (χ2v) is 5.78. The van der Waals surface area contributed by atoms with Crippen LogP contribution in [0.25, 0.3) is 0 Å². The van der Waals surface area contributed by atoms with Crippen LogP contribution in [0.2, 0.25) is 0 Å². The molecule has 3 atom stereocenters. The highest BCUT2D eigenvalue weighted by atomic mass is 16.5. The first-order valence-corrected chi connectivity index (χ1v) is 7.12. The van der Waals surface area contributed by atoms with Gasteiger partial charge in [-0.25, -0.2) is 0 Å². The van der Waals surface area contributed by atoms with Crippen molar-refractivity contribution < 1.29 is 9.84 Å². The SMILES string of the molecule is CC1CN(CC(O)COc2cccc(C#N)c2)CC1C. The summed E-state index contributed by atoms with van der Waals surface area (Å²) in [6.45, 7) is 7.49. The van der Waals surface area contributed by atoms with Crippen molar-refractivity contribution in [2.24, 2.45) is 11.8 Å². The summed E-state index contributed by atoms with van der Waals surface area (Å²) in [5.74, 6) is 2.01. The normalized spacial score (nSPS) is 24.3. The van der Waals surface area contributed by atoms with Crippen molar-refractivity contribution >= 4 is 0 Å². The van der Waals surface area contributed by atoms with Crippen LogP contribution in [0.15, 0.2) is 24.3 Å². The van der Waals surface area contributed by atoms with Crippen LogP contribution in [0.1, 0.15) is 19.4 Å². The van der Waals surface area contributed by atoms with E-state index < -0.39 is 6.10 Å². The zero-order valence-electron chi connectivity index (χ0n) is 12.1. The molecule has 1 fully saturated rings. The Morgan fingerprint density at radius 3 is 2.75 bits per heavy atom. The summed E-state index contributed by atoms with van der Waals surface area (Å²) in [6.07, 6.45) is -0.502. The third kappa shape index (κ3) is 3.96. The monoisotopic (exact) mass is 274 g/mol. The van der Waals surface area contributed by atoms with Gasteiger partial charge in [0.15, 0.2) is 0 Å². The van der Waals surface area contributed by atoms with E-state index in [9.17, 15) is 5.11 Å². The lowest BCUT2D eigenvalue weighted by molar-refractivity contribution is 0.0743. The Morgan fingerprint density at radius 1 is 1.40 bits per heavy atom. The Bertz CT molecular complexity index is 474. The second kappa shape index (κ2) is 6.74. The number of aliphatic hydroxyl groups is 1. The molecule has 1 heterocycles. The summed E-state index contributed by atoms with van der Waals surface area (Å²) in [7, 11) is 0. The minimum Gasteiger partial charge on any atom is -0.491 e. The summed E-state index contributed by atoms with van der Waals surface area (Å²) in [5, 5.41) is 18.9. The highest BCUT2D eigenvalue weighted by Gasteiger charge is 2.27. The predicted octanol–water partition coefficient (Wildman–Crippen LogP) is 1.89. The molecule has 20 heavy (non-hydrogen) atoms. The molecular formula is C16H22N2O2. The van der Waals surface area contributed by atoms with E-state index in [0.29, 0.717) is 29.7 Å². The minimum atomic E-state index is -0.502. The number of rotatable bonds is 5. The average Bonchev–Trinajstić information content (AvgIpc) is 2.75. The first kappa shape index (κ1) is 14.8. The molecule has 0 radical (unpaired) electrons. The lowest BCUT2D eigenvalue weighted by atomic mass is 10.0. The Morgan fingerprint density at radius 2 is 2.10 bits per heavy atom. The van der Waals surface area contributed by atoms with E-state index in [1.54, 1.807) is 24.3 Å². The Labute approximate surface area is 120 Å². The van der Waals surface area contributed by atoms with Gasteiger partial charge >= 0.3 is 0 Å². The van der Waals surface area contributed by atoms with E-state index >= 15 is 0 Å². The van der Waals surface area contributed by atoms with Gasteiger partial charge in [-0.2, -0.15) is 5.26 Å². The molecule has 0 aliphatic carbocycles. The van der Waals surface area contributed by atoms with E-state index in [0.717, 1.165) is 13.1 Å². The maximum atomic E-state index is 10.0. The van der Waals surface area contributed by atoms with Crippen molar-refractivity contribution in [3.05, 3.63) is 29.8 Å². The third-order valence-electron chi connectivity index (χ3n) is 3.94. The molecule has 1 aromatic rings. The van der Waals surface area contributed by atoms with E-state index in [-0.39, 0.29) is 6.61 Å². The van der Waals surface area contributed by atoms with Gasteiger partial charge in [0, 0.05) is 19.6 Å². The molecule has 1 aliphatic rings. The Balaban J connectivity index is 1.78. The molecule has 2 rings (SSSR count). The van der Waals surface area contributed by atoms with E-state index in [1.165, 1.54) is 0 Å². The van der Waals surface area contributed by atoms with Gasteiger partial charge in [0.1, 0.15) is 18.5 Å². The highest BCUT2D eigenvalue weighted by molar-refractivity contribution is 5.36.